The number of benzene rings is 1. The van der Waals surface area contributed by atoms with Crippen molar-refractivity contribution in [1.82, 2.24) is 4.98 Å². The fourth-order valence-electron chi connectivity index (χ4n) is 2.75. The number of nitrogens with one attached hydrogen (secondary N) is 1. The summed E-state index contributed by atoms with van der Waals surface area (Å²) in [4.78, 5) is 28.6. The Bertz CT molecular complexity index is 780. The second-order valence-electron chi connectivity index (χ2n) is 5.92. The van der Waals surface area contributed by atoms with Gasteiger partial charge in [0.2, 0.25) is 0 Å². The van der Waals surface area contributed by atoms with Gasteiger partial charge in [-0.15, -0.1) is 0 Å². The highest BCUT2D eigenvalue weighted by Gasteiger charge is 2.31. The predicted molar refractivity (Wildman–Crippen MR) is 102 cm³/mol. The first-order valence-corrected chi connectivity index (χ1v) is 9.18. The molecule has 2 aromatic rings. The Morgan fingerprint density at radius 3 is 2.04 bits per heavy atom. The van der Waals surface area contributed by atoms with E-state index in [1.807, 2.05) is 13.8 Å². The first kappa shape index (κ1) is 20.0. The third-order valence-electron chi connectivity index (χ3n) is 4.23. The molecule has 0 aliphatic heterocycles. The molecule has 0 spiro atoms. The highest BCUT2D eigenvalue weighted by molar-refractivity contribution is 6.30. The number of aromatic amines is 1. The Labute approximate surface area is 158 Å². The fourth-order valence-corrected chi connectivity index (χ4v) is 2.87. The molecule has 140 valence electrons. The van der Waals surface area contributed by atoms with Crippen LogP contribution in [0.3, 0.4) is 0 Å². The summed E-state index contributed by atoms with van der Waals surface area (Å²) in [5, 5.41) is 0.589. The fraction of sp³-hybridized carbons (Fsp3) is 0.400. The average Bonchev–Trinajstić information content (AvgIpc) is 3.03. The third-order valence-corrected chi connectivity index (χ3v) is 4.48. The largest absolute Gasteiger partial charge is 0.462 e. The number of carbonyl (C=O) groups is 2. The van der Waals surface area contributed by atoms with E-state index in [2.05, 4.69) is 4.98 Å². The maximum Gasteiger partial charge on any atom is 0.341 e. The van der Waals surface area contributed by atoms with E-state index in [1.165, 1.54) is 0 Å². The zero-order valence-corrected chi connectivity index (χ0v) is 16.3. The molecule has 0 saturated heterocycles. The summed E-state index contributed by atoms with van der Waals surface area (Å²) in [6.07, 6.45) is 0.801. The first-order chi connectivity index (χ1) is 12.4. The summed E-state index contributed by atoms with van der Waals surface area (Å²) in [5.74, 6) is -1.03. The third kappa shape index (κ3) is 4.10. The Morgan fingerprint density at radius 1 is 1.00 bits per heavy atom. The molecule has 0 saturated carbocycles. The van der Waals surface area contributed by atoms with E-state index in [1.54, 1.807) is 38.1 Å². The second-order valence-corrected chi connectivity index (χ2v) is 6.36. The lowest BCUT2D eigenvalue weighted by Gasteiger charge is -2.11. The molecule has 2 rings (SSSR count). The number of ether oxygens (including phenoxy) is 2. The van der Waals surface area contributed by atoms with Gasteiger partial charge in [0.1, 0.15) is 0 Å². The van der Waals surface area contributed by atoms with Gasteiger partial charge in [-0.05, 0) is 43.9 Å². The van der Waals surface area contributed by atoms with Gasteiger partial charge in [0, 0.05) is 10.7 Å². The molecule has 0 aliphatic carbocycles. The summed E-state index contributed by atoms with van der Waals surface area (Å²) in [6, 6.07) is 7.07. The van der Waals surface area contributed by atoms with E-state index in [0.29, 0.717) is 16.4 Å². The molecule has 1 N–H and O–H groups in total. The van der Waals surface area contributed by atoms with Crippen LogP contribution in [0.25, 0.3) is 11.3 Å². The molecule has 0 fully saturated rings. The molecule has 1 unspecified atom stereocenters. The second kappa shape index (κ2) is 8.90. The average molecular weight is 378 g/mol. The van der Waals surface area contributed by atoms with Crippen LogP contribution in [0.15, 0.2) is 24.3 Å². The summed E-state index contributed by atoms with van der Waals surface area (Å²) >= 11 is 5.98. The number of halogens is 1. The van der Waals surface area contributed by atoms with Crippen LogP contribution in [-0.4, -0.2) is 30.1 Å². The number of carbonyl (C=O) groups excluding carboxylic acids is 2. The van der Waals surface area contributed by atoms with E-state index in [0.717, 1.165) is 12.0 Å². The number of rotatable bonds is 7. The van der Waals surface area contributed by atoms with Crippen molar-refractivity contribution >= 4 is 23.5 Å². The van der Waals surface area contributed by atoms with Crippen LogP contribution in [-0.2, 0) is 9.47 Å². The molecular formula is C20H24ClNO4. The Hall–Kier alpha value is -2.27. The van der Waals surface area contributed by atoms with Gasteiger partial charge < -0.3 is 14.5 Å². The molecule has 0 radical (unpaired) electrons. The van der Waals surface area contributed by atoms with Crippen LogP contribution in [0.1, 0.15) is 66.4 Å². The minimum Gasteiger partial charge on any atom is -0.462 e. The minimum atomic E-state index is -0.550. The number of esters is 2. The molecule has 0 amide bonds. The van der Waals surface area contributed by atoms with Gasteiger partial charge in [-0.1, -0.05) is 37.6 Å². The minimum absolute atomic E-state index is 0.0450. The zero-order chi connectivity index (χ0) is 19.3. The molecule has 0 bridgehead atoms. The van der Waals surface area contributed by atoms with E-state index < -0.39 is 11.9 Å². The number of hydrogen-bond donors (Lipinski definition) is 1. The van der Waals surface area contributed by atoms with Gasteiger partial charge in [-0.25, -0.2) is 9.59 Å². The summed E-state index contributed by atoms with van der Waals surface area (Å²) in [6.45, 7) is 7.92. The zero-order valence-electron chi connectivity index (χ0n) is 15.5. The van der Waals surface area contributed by atoms with Crippen LogP contribution in [0.4, 0.5) is 0 Å². The summed E-state index contributed by atoms with van der Waals surface area (Å²) < 4.78 is 10.4. The Balaban J connectivity index is 2.74. The van der Waals surface area contributed by atoms with Crippen molar-refractivity contribution in [2.45, 2.75) is 40.0 Å². The van der Waals surface area contributed by atoms with Crippen molar-refractivity contribution < 1.29 is 19.1 Å². The van der Waals surface area contributed by atoms with Crippen LogP contribution in [0.2, 0.25) is 5.02 Å². The number of aromatic nitrogens is 1. The lowest BCUT2D eigenvalue weighted by atomic mass is 9.97. The van der Waals surface area contributed by atoms with E-state index in [4.69, 9.17) is 21.1 Å². The van der Waals surface area contributed by atoms with Crippen molar-refractivity contribution in [2.75, 3.05) is 13.2 Å². The lowest BCUT2D eigenvalue weighted by Crippen LogP contribution is -2.15. The topological polar surface area (TPSA) is 68.4 Å². The Morgan fingerprint density at radius 2 is 1.54 bits per heavy atom. The Kier molecular flexibility index (Phi) is 6.86. The molecule has 1 heterocycles. The van der Waals surface area contributed by atoms with Crippen LogP contribution >= 0.6 is 11.6 Å². The molecule has 1 atom stereocenters. The van der Waals surface area contributed by atoms with Crippen molar-refractivity contribution in [1.29, 1.82) is 0 Å². The van der Waals surface area contributed by atoms with Gasteiger partial charge in [0.15, 0.2) is 0 Å². The monoisotopic (exact) mass is 377 g/mol. The van der Waals surface area contributed by atoms with Gasteiger partial charge in [-0.3, -0.25) is 0 Å². The summed E-state index contributed by atoms with van der Waals surface area (Å²) in [5.41, 5.74) is 2.43. The predicted octanol–water partition coefficient (Wildman–Crippen LogP) is 5.20. The normalized spacial score (nSPS) is 11.9. The maximum absolute atomic E-state index is 12.7. The summed E-state index contributed by atoms with van der Waals surface area (Å²) in [7, 11) is 0. The van der Waals surface area contributed by atoms with E-state index in [-0.39, 0.29) is 30.3 Å². The molecule has 1 aromatic carbocycles. The standard InChI is InChI=1S/C20H24ClNO4/c1-5-12(4)17-15(19(23)25-6-2)16(20(24)26-7-3)18(22-17)13-8-10-14(21)11-9-13/h8-12,22H,5-7H2,1-4H3. The molecule has 26 heavy (non-hydrogen) atoms. The van der Waals surface area contributed by atoms with Gasteiger partial charge in [0.05, 0.1) is 30.0 Å². The van der Waals surface area contributed by atoms with Gasteiger partial charge >= 0.3 is 11.9 Å². The van der Waals surface area contributed by atoms with Crippen LogP contribution < -0.4 is 0 Å². The molecular weight excluding hydrogens is 354 g/mol. The maximum atomic E-state index is 12.7. The van der Waals surface area contributed by atoms with Gasteiger partial charge in [0.25, 0.3) is 0 Å². The molecule has 0 aliphatic rings. The molecule has 6 heteroatoms. The van der Waals surface area contributed by atoms with Crippen molar-refractivity contribution in [3.05, 3.63) is 46.1 Å². The highest BCUT2D eigenvalue weighted by atomic mass is 35.5. The van der Waals surface area contributed by atoms with E-state index in [9.17, 15) is 9.59 Å². The van der Waals surface area contributed by atoms with Gasteiger partial charge in [-0.2, -0.15) is 0 Å². The van der Waals surface area contributed by atoms with Crippen LogP contribution in [0, 0.1) is 0 Å². The smallest absolute Gasteiger partial charge is 0.341 e. The SMILES string of the molecule is CCOC(=O)c1c(-c2ccc(Cl)cc2)[nH]c(C(C)CC)c1C(=O)OCC. The quantitative estimate of drug-likeness (QED) is 0.673. The highest BCUT2D eigenvalue weighted by Crippen LogP contribution is 2.34. The van der Waals surface area contributed by atoms with Crippen molar-refractivity contribution in [2.24, 2.45) is 0 Å². The molecule has 1 aromatic heterocycles. The lowest BCUT2D eigenvalue weighted by molar-refractivity contribution is 0.0479. The van der Waals surface area contributed by atoms with Crippen molar-refractivity contribution in [3.8, 4) is 11.3 Å². The van der Waals surface area contributed by atoms with Crippen molar-refractivity contribution in [3.63, 3.8) is 0 Å². The molecule has 5 nitrogen and oxygen atoms in total. The van der Waals surface area contributed by atoms with Crippen LogP contribution in [0.5, 0.6) is 0 Å². The number of hydrogen-bond acceptors (Lipinski definition) is 4. The van der Waals surface area contributed by atoms with E-state index >= 15 is 0 Å². The first-order valence-electron chi connectivity index (χ1n) is 8.80. The number of H-pyrrole nitrogens is 1.